The van der Waals surface area contributed by atoms with E-state index in [1.807, 2.05) is 0 Å². The minimum Gasteiger partial charge on any atom is -0.0853 e. The Morgan fingerprint density at radius 3 is 2.21 bits per heavy atom. The standard InChI is InChI=1S/C18H27Br/c1-3-5-15-6-8-16(9-7-15)17-10-13-18(19,12-4-2)14-11-17/h6-9,17H,3-5,10-14H2,1-2H3/t17-,18-. The lowest BCUT2D eigenvalue weighted by Gasteiger charge is -2.36. The first-order chi connectivity index (χ1) is 9.17. The molecule has 106 valence electrons. The normalized spacial score (nSPS) is 27.4. The molecule has 0 amide bonds. The van der Waals surface area contributed by atoms with Crippen LogP contribution in [0, 0.1) is 0 Å². The maximum absolute atomic E-state index is 3.99. The highest BCUT2D eigenvalue weighted by molar-refractivity contribution is 9.10. The molecule has 2 rings (SSSR count). The molecular weight excluding hydrogens is 296 g/mol. The number of alkyl halides is 1. The van der Waals surface area contributed by atoms with Gasteiger partial charge in [-0.25, -0.2) is 0 Å². The Labute approximate surface area is 127 Å². The van der Waals surface area contributed by atoms with Gasteiger partial charge in [0.1, 0.15) is 0 Å². The molecule has 1 heteroatoms. The predicted molar refractivity (Wildman–Crippen MR) is 88.2 cm³/mol. The summed E-state index contributed by atoms with van der Waals surface area (Å²) >= 11 is 3.99. The first-order valence-electron chi connectivity index (χ1n) is 7.94. The molecule has 0 nitrogen and oxygen atoms in total. The van der Waals surface area contributed by atoms with E-state index in [1.165, 1.54) is 56.9 Å². The molecule has 1 fully saturated rings. The second-order valence-corrected chi connectivity index (χ2v) is 7.85. The average Bonchev–Trinajstić information content (AvgIpc) is 2.41. The van der Waals surface area contributed by atoms with Crippen molar-refractivity contribution in [2.75, 3.05) is 0 Å². The molecule has 0 unspecified atom stereocenters. The summed E-state index contributed by atoms with van der Waals surface area (Å²) in [6.45, 7) is 4.54. The number of aryl methyl sites for hydroxylation is 1. The summed E-state index contributed by atoms with van der Waals surface area (Å²) in [7, 11) is 0. The lowest BCUT2D eigenvalue weighted by molar-refractivity contribution is 0.349. The molecule has 0 saturated heterocycles. The fourth-order valence-corrected chi connectivity index (χ4v) is 4.27. The molecule has 1 aliphatic carbocycles. The van der Waals surface area contributed by atoms with Crippen LogP contribution >= 0.6 is 15.9 Å². The molecule has 0 N–H and O–H groups in total. The predicted octanol–water partition coefficient (Wildman–Crippen LogP) is 6.23. The quantitative estimate of drug-likeness (QED) is 0.563. The van der Waals surface area contributed by atoms with Crippen molar-refractivity contribution in [3.8, 4) is 0 Å². The molecule has 19 heavy (non-hydrogen) atoms. The summed E-state index contributed by atoms with van der Waals surface area (Å²) in [5, 5.41) is 0. The molecule has 0 spiro atoms. The van der Waals surface area contributed by atoms with Crippen LogP contribution in [0.25, 0.3) is 0 Å². The van der Waals surface area contributed by atoms with Gasteiger partial charge in [-0.05, 0) is 55.6 Å². The Morgan fingerprint density at radius 1 is 1.05 bits per heavy atom. The molecule has 0 bridgehead atoms. The topological polar surface area (TPSA) is 0 Å². The van der Waals surface area contributed by atoms with Gasteiger partial charge < -0.3 is 0 Å². The van der Waals surface area contributed by atoms with Gasteiger partial charge in [-0.2, -0.15) is 0 Å². The Hall–Kier alpha value is -0.300. The van der Waals surface area contributed by atoms with Crippen molar-refractivity contribution in [1.82, 2.24) is 0 Å². The zero-order valence-corrected chi connectivity index (χ0v) is 14.0. The summed E-state index contributed by atoms with van der Waals surface area (Å²) in [5.41, 5.74) is 3.05. The summed E-state index contributed by atoms with van der Waals surface area (Å²) in [6, 6.07) is 9.41. The lowest BCUT2D eigenvalue weighted by atomic mass is 9.77. The van der Waals surface area contributed by atoms with Gasteiger partial charge in [-0.15, -0.1) is 0 Å². The van der Waals surface area contributed by atoms with Crippen molar-refractivity contribution in [1.29, 1.82) is 0 Å². The molecule has 0 aromatic heterocycles. The van der Waals surface area contributed by atoms with Gasteiger partial charge in [0, 0.05) is 4.32 Å². The Kier molecular flexibility index (Phi) is 5.50. The van der Waals surface area contributed by atoms with Gasteiger partial charge in [-0.3, -0.25) is 0 Å². The van der Waals surface area contributed by atoms with Crippen LogP contribution in [0.2, 0.25) is 0 Å². The van der Waals surface area contributed by atoms with E-state index in [2.05, 4.69) is 54.0 Å². The maximum Gasteiger partial charge on any atom is 0.0258 e. The minimum absolute atomic E-state index is 0.445. The van der Waals surface area contributed by atoms with Crippen LogP contribution in [-0.4, -0.2) is 4.32 Å². The Balaban J connectivity index is 1.93. The van der Waals surface area contributed by atoms with Crippen LogP contribution in [0.5, 0.6) is 0 Å². The van der Waals surface area contributed by atoms with Crippen molar-refractivity contribution < 1.29 is 0 Å². The number of halogens is 1. The van der Waals surface area contributed by atoms with Gasteiger partial charge in [0.25, 0.3) is 0 Å². The molecule has 1 aromatic carbocycles. The fourth-order valence-electron chi connectivity index (χ4n) is 3.41. The molecule has 0 aliphatic heterocycles. The van der Waals surface area contributed by atoms with Gasteiger partial charge in [-0.1, -0.05) is 66.9 Å². The molecule has 0 radical (unpaired) electrons. The average molecular weight is 323 g/mol. The van der Waals surface area contributed by atoms with Crippen LogP contribution in [0.15, 0.2) is 24.3 Å². The van der Waals surface area contributed by atoms with Crippen LogP contribution < -0.4 is 0 Å². The molecular formula is C18H27Br. The van der Waals surface area contributed by atoms with E-state index in [9.17, 15) is 0 Å². The van der Waals surface area contributed by atoms with Gasteiger partial charge >= 0.3 is 0 Å². The Bertz CT molecular complexity index is 371. The third-order valence-electron chi connectivity index (χ3n) is 4.57. The van der Waals surface area contributed by atoms with Gasteiger partial charge in [0.2, 0.25) is 0 Å². The highest BCUT2D eigenvalue weighted by Gasteiger charge is 2.32. The lowest BCUT2D eigenvalue weighted by Crippen LogP contribution is -2.26. The van der Waals surface area contributed by atoms with Crippen molar-refractivity contribution in [2.24, 2.45) is 0 Å². The first-order valence-corrected chi connectivity index (χ1v) is 8.74. The monoisotopic (exact) mass is 322 g/mol. The van der Waals surface area contributed by atoms with Crippen LogP contribution in [0.4, 0.5) is 0 Å². The number of benzene rings is 1. The first kappa shape index (κ1) is 15.1. The molecule has 1 saturated carbocycles. The molecule has 1 aliphatic rings. The SMILES string of the molecule is CCCc1ccc([C@H]2CC[C@@](Br)(CCC)CC2)cc1. The molecule has 1 aromatic rings. The van der Waals surface area contributed by atoms with Crippen molar-refractivity contribution in [3.05, 3.63) is 35.4 Å². The zero-order chi connectivity index (χ0) is 13.7. The summed E-state index contributed by atoms with van der Waals surface area (Å²) in [5.74, 6) is 0.790. The van der Waals surface area contributed by atoms with E-state index in [1.54, 1.807) is 5.56 Å². The van der Waals surface area contributed by atoms with E-state index in [0.717, 1.165) is 5.92 Å². The highest BCUT2D eigenvalue weighted by Crippen LogP contribution is 2.45. The molecule has 0 atom stereocenters. The van der Waals surface area contributed by atoms with Crippen molar-refractivity contribution >= 4 is 15.9 Å². The second-order valence-electron chi connectivity index (χ2n) is 6.17. The van der Waals surface area contributed by atoms with E-state index < -0.39 is 0 Å². The number of rotatable bonds is 5. The van der Waals surface area contributed by atoms with Gasteiger partial charge in [0.05, 0.1) is 0 Å². The maximum atomic E-state index is 3.99. The summed E-state index contributed by atoms with van der Waals surface area (Å²) < 4.78 is 0.445. The van der Waals surface area contributed by atoms with Crippen molar-refractivity contribution in [2.45, 2.75) is 75.5 Å². The van der Waals surface area contributed by atoms with E-state index in [-0.39, 0.29) is 0 Å². The number of hydrogen-bond acceptors (Lipinski definition) is 0. The Morgan fingerprint density at radius 2 is 1.68 bits per heavy atom. The van der Waals surface area contributed by atoms with Gasteiger partial charge in [0.15, 0.2) is 0 Å². The second kappa shape index (κ2) is 6.92. The smallest absolute Gasteiger partial charge is 0.0258 e. The van der Waals surface area contributed by atoms with Crippen LogP contribution in [0.1, 0.15) is 75.8 Å². The van der Waals surface area contributed by atoms with Crippen LogP contribution in [-0.2, 0) is 6.42 Å². The third kappa shape index (κ3) is 4.08. The van der Waals surface area contributed by atoms with E-state index >= 15 is 0 Å². The fraction of sp³-hybridized carbons (Fsp3) is 0.667. The summed E-state index contributed by atoms with van der Waals surface area (Å²) in [4.78, 5) is 0. The van der Waals surface area contributed by atoms with Crippen molar-refractivity contribution in [3.63, 3.8) is 0 Å². The minimum atomic E-state index is 0.445. The largest absolute Gasteiger partial charge is 0.0853 e. The summed E-state index contributed by atoms with van der Waals surface area (Å²) in [6.07, 6.45) is 10.4. The zero-order valence-electron chi connectivity index (χ0n) is 12.4. The number of hydrogen-bond donors (Lipinski definition) is 0. The highest BCUT2D eigenvalue weighted by atomic mass is 79.9. The van der Waals surface area contributed by atoms with E-state index in [4.69, 9.17) is 0 Å². The molecule has 0 heterocycles. The van der Waals surface area contributed by atoms with Crippen LogP contribution in [0.3, 0.4) is 0 Å². The third-order valence-corrected chi connectivity index (χ3v) is 5.76. The van der Waals surface area contributed by atoms with E-state index in [0.29, 0.717) is 4.32 Å².